The average molecular weight is 301 g/mol. The van der Waals surface area contributed by atoms with Gasteiger partial charge in [0, 0.05) is 31.4 Å². The van der Waals surface area contributed by atoms with Gasteiger partial charge in [-0.1, -0.05) is 25.0 Å². The first-order chi connectivity index (χ1) is 10.6. The lowest BCUT2D eigenvalue weighted by Gasteiger charge is -2.30. The highest BCUT2D eigenvalue weighted by molar-refractivity contribution is 5.22. The number of benzene rings is 1. The molecule has 1 aliphatic rings. The molecular weight excluding hydrogens is 277 g/mol. The number of halogens is 1. The Morgan fingerprint density at radius 3 is 2.86 bits per heavy atom. The molecule has 1 aromatic carbocycles. The summed E-state index contributed by atoms with van der Waals surface area (Å²) in [4.78, 5) is 2.49. The van der Waals surface area contributed by atoms with Gasteiger partial charge in [-0.25, -0.2) is 4.39 Å². The summed E-state index contributed by atoms with van der Waals surface area (Å²) in [6.07, 6.45) is 6.88. The summed E-state index contributed by atoms with van der Waals surface area (Å²) >= 11 is 0. The Bertz CT molecular complexity index is 635. The quantitative estimate of drug-likeness (QED) is 0.855. The van der Waals surface area contributed by atoms with E-state index in [0.717, 1.165) is 30.8 Å². The highest BCUT2D eigenvalue weighted by Crippen LogP contribution is 2.32. The van der Waals surface area contributed by atoms with Crippen LogP contribution in [0.25, 0.3) is 0 Å². The van der Waals surface area contributed by atoms with E-state index in [1.807, 2.05) is 17.8 Å². The number of likely N-dealkylation sites (tertiary alicyclic amines) is 1. The predicted octanol–water partition coefficient (Wildman–Crippen LogP) is 3.98. The van der Waals surface area contributed by atoms with Crippen molar-refractivity contribution < 1.29 is 4.39 Å². The van der Waals surface area contributed by atoms with Crippen LogP contribution in [-0.4, -0.2) is 21.2 Å². The number of aryl methyl sites for hydroxylation is 2. The molecule has 3 nitrogen and oxygen atoms in total. The van der Waals surface area contributed by atoms with Crippen LogP contribution in [0.2, 0.25) is 0 Å². The van der Waals surface area contributed by atoms with Gasteiger partial charge in [0.1, 0.15) is 5.82 Å². The Hall–Kier alpha value is -1.68. The van der Waals surface area contributed by atoms with Crippen molar-refractivity contribution in [2.75, 3.05) is 6.54 Å². The Kier molecular flexibility index (Phi) is 4.57. The summed E-state index contributed by atoms with van der Waals surface area (Å²) in [5.74, 6) is -0.140. The molecule has 0 aliphatic carbocycles. The van der Waals surface area contributed by atoms with E-state index in [4.69, 9.17) is 0 Å². The monoisotopic (exact) mass is 301 g/mol. The molecule has 2 aromatic rings. The first kappa shape index (κ1) is 15.2. The number of hydrogen-bond acceptors (Lipinski definition) is 2. The molecule has 1 aliphatic heterocycles. The third kappa shape index (κ3) is 3.38. The van der Waals surface area contributed by atoms with Gasteiger partial charge in [-0.15, -0.1) is 0 Å². The smallest absolute Gasteiger partial charge is 0.123 e. The molecule has 2 heterocycles. The molecule has 0 spiro atoms. The van der Waals surface area contributed by atoms with E-state index in [9.17, 15) is 4.39 Å². The van der Waals surface area contributed by atoms with Gasteiger partial charge < -0.3 is 0 Å². The molecule has 1 aromatic heterocycles. The lowest BCUT2D eigenvalue weighted by atomic mass is 10.00. The van der Waals surface area contributed by atoms with Gasteiger partial charge in [0.25, 0.3) is 0 Å². The largest absolute Gasteiger partial charge is 0.292 e. The van der Waals surface area contributed by atoms with E-state index in [-0.39, 0.29) is 5.82 Å². The van der Waals surface area contributed by atoms with Crippen molar-refractivity contribution in [2.24, 2.45) is 7.05 Å². The summed E-state index contributed by atoms with van der Waals surface area (Å²) in [6, 6.07) is 7.40. The second-order valence-corrected chi connectivity index (χ2v) is 6.30. The van der Waals surface area contributed by atoms with E-state index in [2.05, 4.69) is 29.2 Å². The third-order valence-electron chi connectivity index (χ3n) is 4.59. The Morgan fingerprint density at radius 2 is 2.14 bits per heavy atom. The molecule has 4 heteroatoms. The second-order valence-electron chi connectivity index (χ2n) is 6.30. The van der Waals surface area contributed by atoms with Gasteiger partial charge in [-0.05, 0) is 44.0 Å². The van der Waals surface area contributed by atoms with Crippen molar-refractivity contribution in [1.29, 1.82) is 0 Å². The SMILES string of the molecule is Cc1nn(C)cc1CN1CCCCCC1c1cccc(F)c1. The zero-order valence-electron chi connectivity index (χ0n) is 13.4. The van der Waals surface area contributed by atoms with Crippen molar-refractivity contribution in [3.63, 3.8) is 0 Å². The maximum Gasteiger partial charge on any atom is 0.123 e. The van der Waals surface area contributed by atoms with Crippen LogP contribution >= 0.6 is 0 Å². The van der Waals surface area contributed by atoms with E-state index in [0.29, 0.717) is 6.04 Å². The van der Waals surface area contributed by atoms with E-state index >= 15 is 0 Å². The number of rotatable bonds is 3. The van der Waals surface area contributed by atoms with Gasteiger partial charge in [-0.3, -0.25) is 9.58 Å². The topological polar surface area (TPSA) is 21.1 Å². The van der Waals surface area contributed by atoms with Crippen LogP contribution in [0.1, 0.15) is 48.5 Å². The normalized spacial score (nSPS) is 20.0. The number of aromatic nitrogens is 2. The predicted molar refractivity (Wildman–Crippen MR) is 86.0 cm³/mol. The fourth-order valence-electron chi connectivity index (χ4n) is 3.47. The fourth-order valence-corrected chi connectivity index (χ4v) is 3.47. The van der Waals surface area contributed by atoms with E-state index < -0.39 is 0 Å². The molecule has 1 atom stereocenters. The lowest BCUT2D eigenvalue weighted by molar-refractivity contribution is 0.191. The van der Waals surface area contributed by atoms with Gasteiger partial charge in [-0.2, -0.15) is 5.10 Å². The van der Waals surface area contributed by atoms with Crippen molar-refractivity contribution in [3.05, 3.63) is 53.1 Å². The van der Waals surface area contributed by atoms with Crippen LogP contribution in [0.15, 0.2) is 30.5 Å². The molecule has 0 amide bonds. The molecule has 0 N–H and O–H groups in total. The first-order valence-electron chi connectivity index (χ1n) is 8.12. The van der Waals surface area contributed by atoms with Crippen LogP contribution in [0, 0.1) is 12.7 Å². The minimum Gasteiger partial charge on any atom is -0.292 e. The third-order valence-corrected chi connectivity index (χ3v) is 4.59. The molecular formula is C18H24FN3. The van der Waals surface area contributed by atoms with E-state index in [1.54, 1.807) is 6.07 Å². The van der Waals surface area contributed by atoms with Crippen molar-refractivity contribution >= 4 is 0 Å². The zero-order valence-corrected chi connectivity index (χ0v) is 13.4. The highest BCUT2D eigenvalue weighted by Gasteiger charge is 2.24. The second kappa shape index (κ2) is 6.61. The van der Waals surface area contributed by atoms with Crippen molar-refractivity contribution in [3.8, 4) is 0 Å². The molecule has 3 rings (SSSR count). The zero-order chi connectivity index (χ0) is 15.5. The average Bonchev–Trinajstić information content (AvgIpc) is 2.68. The minimum absolute atomic E-state index is 0.140. The molecule has 0 radical (unpaired) electrons. The Morgan fingerprint density at radius 1 is 1.27 bits per heavy atom. The maximum atomic E-state index is 13.6. The van der Waals surface area contributed by atoms with Crippen molar-refractivity contribution in [1.82, 2.24) is 14.7 Å². The Labute approximate surface area is 131 Å². The van der Waals surface area contributed by atoms with E-state index in [1.165, 1.54) is 30.9 Å². The molecule has 1 fully saturated rings. The summed E-state index contributed by atoms with van der Waals surface area (Å²) in [7, 11) is 1.96. The lowest BCUT2D eigenvalue weighted by Crippen LogP contribution is -2.28. The highest BCUT2D eigenvalue weighted by atomic mass is 19.1. The fraction of sp³-hybridized carbons (Fsp3) is 0.500. The van der Waals surface area contributed by atoms with Crippen LogP contribution in [-0.2, 0) is 13.6 Å². The van der Waals surface area contributed by atoms with Gasteiger partial charge in [0.05, 0.1) is 5.69 Å². The summed E-state index contributed by atoms with van der Waals surface area (Å²) < 4.78 is 15.5. The van der Waals surface area contributed by atoms with Crippen LogP contribution in [0.4, 0.5) is 4.39 Å². The number of hydrogen-bond donors (Lipinski definition) is 0. The maximum absolute atomic E-state index is 13.6. The van der Waals surface area contributed by atoms with Gasteiger partial charge >= 0.3 is 0 Å². The molecule has 118 valence electrons. The standard InChI is InChI=1S/C18H24FN3/c1-14-16(12-21(2)20-14)13-22-10-5-3-4-9-18(22)15-7-6-8-17(19)11-15/h6-8,11-12,18H,3-5,9-10,13H2,1-2H3. The van der Waals surface area contributed by atoms with Crippen molar-refractivity contribution in [2.45, 2.75) is 45.2 Å². The minimum atomic E-state index is -0.140. The summed E-state index contributed by atoms with van der Waals surface area (Å²) in [6.45, 7) is 4.01. The Balaban J connectivity index is 1.86. The molecule has 0 bridgehead atoms. The summed E-state index contributed by atoms with van der Waals surface area (Å²) in [5, 5.41) is 4.44. The molecule has 1 unspecified atom stereocenters. The molecule has 1 saturated heterocycles. The summed E-state index contributed by atoms with van der Waals surface area (Å²) in [5.41, 5.74) is 3.46. The van der Waals surface area contributed by atoms with Crippen LogP contribution < -0.4 is 0 Å². The number of nitrogens with zero attached hydrogens (tertiary/aromatic N) is 3. The van der Waals surface area contributed by atoms with Crippen LogP contribution in [0.3, 0.4) is 0 Å². The van der Waals surface area contributed by atoms with Crippen LogP contribution in [0.5, 0.6) is 0 Å². The molecule has 0 saturated carbocycles. The first-order valence-corrected chi connectivity index (χ1v) is 8.12. The van der Waals surface area contributed by atoms with Gasteiger partial charge in [0.15, 0.2) is 0 Å². The molecule has 22 heavy (non-hydrogen) atoms. The van der Waals surface area contributed by atoms with Gasteiger partial charge in [0.2, 0.25) is 0 Å².